The molecule has 0 aromatic heterocycles. The van der Waals surface area contributed by atoms with Gasteiger partial charge in [0, 0.05) is 11.3 Å². The number of hydrogen-bond donors (Lipinski definition) is 1. The molecule has 1 aliphatic rings. The van der Waals surface area contributed by atoms with Crippen molar-refractivity contribution in [3.8, 4) is 0 Å². The molecule has 1 fully saturated rings. The fourth-order valence-electron chi connectivity index (χ4n) is 3.04. The molecule has 0 spiro atoms. The van der Waals surface area contributed by atoms with Crippen LogP contribution >= 0.6 is 11.8 Å². The smallest absolute Gasteiger partial charge is 0.245 e. The van der Waals surface area contributed by atoms with E-state index in [-0.39, 0.29) is 28.6 Å². The fourth-order valence-corrected chi connectivity index (χ4v) is 3.89. The Morgan fingerprint density at radius 3 is 2.24 bits per heavy atom. The highest BCUT2D eigenvalue weighted by molar-refractivity contribution is 8.00. The monoisotopic (exact) mass is 314 g/mol. The molecule has 2 atom stereocenters. The molecule has 0 aliphatic carbocycles. The van der Waals surface area contributed by atoms with Crippen LogP contribution in [0.2, 0.25) is 0 Å². The van der Waals surface area contributed by atoms with Gasteiger partial charge >= 0.3 is 0 Å². The Hall–Kier alpha value is -0.710. The average Bonchev–Trinajstić information content (AvgIpc) is 2.50. The first-order valence-corrected chi connectivity index (χ1v) is 9.37. The summed E-state index contributed by atoms with van der Waals surface area (Å²) in [7, 11) is 0. The van der Waals surface area contributed by atoms with Gasteiger partial charge in [-0.3, -0.25) is 9.59 Å². The van der Waals surface area contributed by atoms with Gasteiger partial charge < -0.3 is 10.2 Å². The van der Waals surface area contributed by atoms with Gasteiger partial charge in [-0.1, -0.05) is 34.1 Å². The Bertz CT molecular complexity index is 361. The standard InChI is InChI=1S/C16H30N2O2S/c1-6-10-12-15(20)18(13(7-2)14(19)17-12)11-16(8-3,9-4)21-5/h12-13H,6-11H2,1-5H3,(H,17,19). The summed E-state index contributed by atoms with van der Waals surface area (Å²) in [6.45, 7) is 9.02. The Labute approximate surface area is 133 Å². The minimum absolute atomic E-state index is 0.0118. The lowest BCUT2D eigenvalue weighted by Gasteiger charge is -2.43. The summed E-state index contributed by atoms with van der Waals surface area (Å²) in [5, 5.41) is 2.90. The molecular formula is C16H30N2O2S. The van der Waals surface area contributed by atoms with Crippen molar-refractivity contribution in [3.05, 3.63) is 0 Å². The van der Waals surface area contributed by atoms with E-state index in [4.69, 9.17) is 0 Å². The summed E-state index contributed by atoms with van der Waals surface area (Å²) in [4.78, 5) is 26.9. The van der Waals surface area contributed by atoms with Crippen LogP contribution in [-0.2, 0) is 9.59 Å². The van der Waals surface area contributed by atoms with Crippen molar-refractivity contribution in [2.24, 2.45) is 0 Å². The number of carbonyl (C=O) groups is 2. The Kier molecular flexibility index (Phi) is 7.04. The normalized spacial score (nSPS) is 23.4. The topological polar surface area (TPSA) is 49.4 Å². The van der Waals surface area contributed by atoms with E-state index in [0.29, 0.717) is 13.0 Å². The molecule has 21 heavy (non-hydrogen) atoms. The van der Waals surface area contributed by atoms with Crippen LogP contribution in [-0.4, -0.2) is 46.3 Å². The average molecular weight is 314 g/mol. The first-order chi connectivity index (χ1) is 9.98. The van der Waals surface area contributed by atoms with Crippen molar-refractivity contribution in [1.29, 1.82) is 0 Å². The van der Waals surface area contributed by atoms with Gasteiger partial charge in [0.25, 0.3) is 0 Å². The summed E-state index contributed by atoms with van der Waals surface area (Å²) >= 11 is 1.82. The minimum atomic E-state index is -0.335. The van der Waals surface area contributed by atoms with Crippen molar-refractivity contribution in [2.45, 2.75) is 76.6 Å². The molecule has 2 unspecified atom stereocenters. The van der Waals surface area contributed by atoms with Crippen molar-refractivity contribution < 1.29 is 9.59 Å². The van der Waals surface area contributed by atoms with Crippen molar-refractivity contribution in [3.63, 3.8) is 0 Å². The number of carbonyl (C=O) groups excluding carboxylic acids is 2. The number of thioether (sulfide) groups is 1. The van der Waals surface area contributed by atoms with Crippen molar-refractivity contribution >= 4 is 23.6 Å². The quantitative estimate of drug-likeness (QED) is 0.749. The van der Waals surface area contributed by atoms with Crippen LogP contribution in [0, 0.1) is 0 Å². The molecule has 0 saturated carbocycles. The number of nitrogens with zero attached hydrogens (tertiary/aromatic N) is 1. The minimum Gasteiger partial charge on any atom is -0.343 e. The maximum atomic E-state index is 12.8. The van der Waals surface area contributed by atoms with Gasteiger partial charge in [-0.05, 0) is 31.9 Å². The molecule has 2 amide bonds. The van der Waals surface area contributed by atoms with E-state index >= 15 is 0 Å². The van der Waals surface area contributed by atoms with Crippen LogP contribution < -0.4 is 5.32 Å². The van der Waals surface area contributed by atoms with Crippen LogP contribution in [0.1, 0.15) is 59.8 Å². The van der Waals surface area contributed by atoms with Gasteiger partial charge in [0.1, 0.15) is 12.1 Å². The molecule has 1 rings (SSSR count). The van der Waals surface area contributed by atoms with E-state index in [2.05, 4.69) is 25.4 Å². The number of piperazine rings is 1. The van der Waals surface area contributed by atoms with E-state index < -0.39 is 0 Å². The molecule has 0 aromatic rings. The second kappa shape index (κ2) is 8.06. The fraction of sp³-hybridized carbons (Fsp3) is 0.875. The first-order valence-electron chi connectivity index (χ1n) is 8.14. The zero-order valence-electron chi connectivity index (χ0n) is 14.1. The van der Waals surface area contributed by atoms with E-state index in [1.807, 2.05) is 30.5 Å². The summed E-state index contributed by atoms with van der Waals surface area (Å²) in [6, 6.07) is -0.645. The SMILES string of the molecule is CCCC1NC(=O)C(CC)N(CC(CC)(CC)SC)C1=O. The van der Waals surface area contributed by atoms with Crippen LogP contribution in [0.3, 0.4) is 0 Å². The van der Waals surface area contributed by atoms with Crippen LogP contribution in [0.4, 0.5) is 0 Å². The zero-order valence-corrected chi connectivity index (χ0v) is 14.9. The molecule has 1 saturated heterocycles. The highest BCUT2D eigenvalue weighted by Gasteiger charge is 2.42. The van der Waals surface area contributed by atoms with Gasteiger partial charge in [0.2, 0.25) is 11.8 Å². The number of hydrogen-bond acceptors (Lipinski definition) is 3. The Morgan fingerprint density at radius 2 is 1.81 bits per heavy atom. The summed E-state index contributed by atoms with van der Waals surface area (Å²) in [5.41, 5.74) is 0. The molecule has 1 heterocycles. The van der Waals surface area contributed by atoms with E-state index in [1.165, 1.54) is 0 Å². The second-order valence-corrected chi connectivity index (χ2v) is 7.11. The lowest BCUT2D eigenvalue weighted by atomic mass is 9.96. The van der Waals surface area contributed by atoms with Crippen LogP contribution in [0.25, 0.3) is 0 Å². The molecular weight excluding hydrogens is 284 g/mol. The van der Waals surface area contributed by atoms with Crippen molar-refractivity contribution in [2.75, 3.05) is 12.8 Å². The van der Waals surface area contributed by atoms with E-state index in [0.717, 1.165) is 25.7 Å². The second-order valence-electron chi connectivity index (χ2n) is 5.83. The third-order valence-electron chi connectivity index (χ3n) is 4.72. The van der Waals surface area contributed by atoms with Crippen LogP contribution in [0.15, 0.2) is 0 Å². The van der Waals surface area contributed by atoms with E-state index in [1.54, 1.807) is 0 Å². The molecule has 0 radical (unpaired) electrons. The predicted molar refractivity (Wildman–Crippen MR) is 89.5 cm³/mol. The summed E-state index contributed by atoms with van der Waals surface area (Å²) in [5.74, 6) is 0.112. The largest absolute Gasteiger partial charge is 0.343 e. The summed E-state index contributed by atoms with van der Waals surface area (Å²) < 4.78 is 0.0530. The van der Waals surface area contributed by atoms with Gasteiger partial charge in [0.15, 0.2) is 0 Å². The van der Waals surface area contributed by atoms with Crippen LogP contribution in [0.5, 0.6) is 0 Å². The predicted octanol–water partition coefficient (Wildman–Crippen LogP) is 2.81. The highest BCUT2D eigenvalue weighted by atomic mass is 32.2. The third-order valence-corrected chi connectivity index (χ3v) is 6.29. The first kappa shape index (κ1) is 18.3. The molecule has 0 aromatic carbocycles. The molecule has 4 nitrogen and oxygen atoms in total. The molecule has 122 valence electrons. The number of amides is 2. The third kappa shape index (κ3) is 3.93. The zero-order chi connectivity index (χ0) is 16.0. The maximum Gasteiger partial charge on any atom is 0.245 e. The molecule has 1 aliphatic heterocycles. The highest BCUT2D eigenvalue weighted by Crippen LogP contribution is 2.33. The van der Waals surface area contributed by atoms with Gasteiger partial charge in [0.05, 0.1) is 0 Å². The Balaban J connectivity index is 3.01. The molecule has 1 N–H and O–H groups in total. The molecule has 0 bridgehead atoms. The van der Waals surface area contributed by atoms with E-state index in [9.17, 15) is 9.59 Å². The Morgan fingerprint density at radius 1 is 1.19 bits per heavy atom. The van der Waals surface area contributed by atoms with Gasteiger partial charge in [-0.25, -0.2) is 0 Å². The lowest BCUT2D eigenvalue weighted by Crippen LogP contribution is -2.65. The summed E-state index contributed by atoms with van der Waals surface area (Å²) in [6.07, 6.45) is 6.41. The number of rotatable bonds is 8. The van der Waals surface area contributed by atoms with Crippen molar-refractivity contribution in [1.82, 2.24) is 10.2 Å². The maximum absolute atomic E-state index is 12.8. The van der Waals surface area contributed by atoms with Gasteiger partial charge in [-0.15, -0.1) is 0 Å². The lowest BCUT2D eigenvalue weighted by molar-refractivity contribution is -0.150. The number of nitrogens with one attached hydrogen (secondary N) is 1. The van der Waals surface area contributed by atoms with Gasteiger partial charge in [-0.2, -0.15) is 11.8 Å². The molecule has 5 heteroatoms.